The summed E-state index contributed by atoms with van der Waals surface area (Å²) in [5.41, 5.74) is 0. The molecular formula is C14H28N2O2. The third-order valence-corrected chi connectivity index (χ3v) is 3.64. The molecule has 1 heterocycles. The lowest BCUT2D eigenvalue weighted by molar-refractivity contribution is -0.126. The Hall–Kier alpha value is -0.610. The van der Waals surface area contributed by atoms with E-state index >= 15 is 0 Å². The Balaban J connectivity index is 2.01. The van der Waals surface area contributed by atoms with Crippen LogP contribution in [0.15, 0.2) is 0 Å². The highest BCUT2D eigenvalue weighted by molar-refractivity contribution is 5.77. The van der Waals surface area contributed by atoms with Crippen LogP contribution in [0.5, 0.6) is 0 Å². The monoisotopic (exact) mass is 256 g/mol. The number of rotatable bonds is 7. The number of hydrogen-bond acceptors (Lipinski definition) is 3. The van der Waals surface area contributed by atoms with Crippen molar-refractivity contribution in [3.05, 3.63) is 0 Å². The van der Waals surface area contributed by atoms with E-state index in [1.165, 1.54) is 19.3 Å². The molecule has 0 radical (unpaired) electrons. The summed E-state index contributed by atoms with van der Waals surface area (Å²) in [5.74, 6) is 0.452. The molecular weight excluding hydrogens is 228 g/mol. The minimum Gasteiger partial charge on any atom is -0.372 e. The van der Waals surface area contributed by atoms with Crippen molar-refractivity contribution < 1.29 is 9.53 Å². The Morgan fingerprint density at radius 2 is 2.17 bits per heavy atom. The Labute approximate surface area is 111 Å². The highest BCUT2D eigenvalue weighted by Crippen LogP contribution is 2.09. The zero-order chi connectivity index (χ0) is 13.4. The summed E-state index contributed by atoms with van der Waals surface area (Å²) in [7, 11) is 0. The Morgan fingerprint density at radius 1 is 1.39 bits per heavy atom. The number of piperidine rings is 1. The fourth-order valence-corrected chi connectivity index (χ4v) is 2.02. The number of carbonyl (C=O) groups is 1. The summed E-state index contributed by atoms with van der Waals surface area (Å²) < 4.78 is 5.43. The summed E-state index contributed by atoms with van der Waals surface area (Å²) in [6.45, 7) is 8.19. The van der Waals surface area contributed by atoms with Gasteiger partial charge < -0.3 is 15.4 Å². The fraction of sp³-hybridized carbons (Fsp3) is 0.929. The molecule has 1 aliphatic rings. The lowest BCUT2D eigenvalue weighted by Gasteiger charge is -2.23. The van der Waals surface area contributed by atoms with Gasteiger partial charge in [0, 0.05) is 18.7 Å². The SMILES string of the molecule is CC(C)C(C)NC(=O)COCCC1CCCCN1. The first-order valence-electron chi connectivity index (χ1n) is 7.20. The third-order valence-electron chi connectivity index (χ3n) is 3.64. The van der Waals surface area contributed by atoms with Gasteiger partial charge in [-0.3, -0.25) is 4.79 Å². The van der Waals surface area contributed by atoms with Crippen LogP contribution in [0.3, 0.4) is 0 Å². The van der Waals surface area contributed by atoms with Crippen LogP contribution in [-0.4, -0.2) is 37.7 Å². The summed E-state index contributed by atoms with van der Waals surface area (Å²) in [6, 6.07) is 0.789. The van der Waals surface area contributed by atoms with E-state index in [0.717, 1.165) is 13.0 Å². The molecule has 1 amide bonds. The zero-order valence-electron chi connectivity index (χ0n) is 12.0. The van der Waals surface area contributed by atoms with Crippen molar-refractivity contribution in [1.29, 1.82) is 0 Å². The van der Waals surface area contributed by atoms with Gasteiger partial charge in [-0.05, 0) is 38.6 Å². The van der Waals surface area contributed by atoms with Gasteiger partial charge in [0.05, 0.1) is 0 Å². The second kappa shape index (κ2) is 8.48. The van der Waals surface area contributed by atoms with Crippen molar-refractivity contribution in [2.75, 3.05) is 19.8 Å². The summed E-state index contributed by atoms with van der Waals surface area (Å²) >= 11 is 0. The molecule has 2 unspecified atom stereocenters. The number of nitrogens with one attached hydrogen (secondary N) is 2. The summed E-state index contributed by atoms with van der Waals surface area (Å²) in [4.78, 5) is 11.6. The molecule has 0 bridgehead atoms. The average Bonchev–Trinajstić information content (AvgIpc) is 2.35. The largest absolute Gasteiger partial charge is 0.372 e. The maximum atomic E-state index is 11.6. The third kappa shape index (κ3) is 6.36. The van der Waals surface area contributed by atoms with E-state index in [4.69, 9.17) is 4.74 Å². The van der Waals surface area contributed by atoms with Crippen LogP contribution in [0.2, 0.25) is 0 Å². The molecule has 2 N–H and O–H groups in total. The predicted molar refractivity (Wildman–Crippen MR) is 73.5 cm³/mol. The van der Waals surface area contributed by atoms with Gasteiger partial charge in [-0.25, -0.2) is 0 Å². The van der Waals surface area contributed by atoms with Gasteiger partial charge in [-0.2, -0.15) is 0 Å². The topological polar surface area (TPSA) is 50.4 Å². The van der Waals surface area contributed by atoms with Gasteiger partial charge in [-0.15, -0.1) is 0 Å². The van der Waals surface area contributed by atoms with Gasteiger partial charge in [0.15, 0.2) is 0 Å². The van der Waals surface area contributed by atoms with E-state index in [9.17, 15) is 4.79 Å². The molecule has 1 saturated heterocycles. The van der Waals surface area contributed by atoms with Crippen molar-refractivity contribution >= 4 is 5.91 Å². The van der Waals surface area contributed by atoms with Crippen molar-refractivity contribution in [3.63, 3.8) is 0 Å². The van der Waals surface area contributed by atoms with Gasteiger partial charge in [0.1, 0.15) is 6.61 Å². The number of ether oxygens (including phenoxy) is 1. The fourth-order valence-electron chi connectivity index (χ4n) is 2.02. The van der Waals surface area contributed by atoms with Gasteiger partial charge >= 0.3 is 0 Å². The summed E-state index contributed by atoms with van der Waals surface area (Å²) in [5, 5.41) is 6.41. The van der Waals surface area contributed by atoms with Crippen LogP contribution >= 0.6 is 0 Å². The Kier molecular flexibility index (Phi) is 7.28. The number of amides is 1. The summed E-state index contributed by atoms with van der Waals surface area (Å²) in [6.07, 6.45) is 4.84. The first-order chi connectivity index (χ1) is 8.59. The highest BCUT2D eigenvalue weighted by atomic mass is 16.5. The standard InChI is InChI=1S/C14H28N2O2/c1-11(2)12(3)16-14(17)10-18-9-7-13-6-4-5-8-15-13/h11-13,15H,4-10H2,1-3H3,(H,16,17). The van der Waals surface area contributed by atoms with Crippen LogP contribution in [-0.2, 0) is 9.53 Å². The second-order valence-electron chi connectivity index (χ2n) is 5.59. The quantitative estimate of drug-likeness (QED) is 0.682. The van der Waals surface area contributed by atoms with Gasteiger partial charge in [-0.1, -0.05) is 20.3 Å². The number of hydrogen-bond donors (Lipinski definition) is 2. The van der Waals surface area contributed by atoms with Crippen molar-refractivity contribution in [3.8, 4) is 0 Å². The molecule has 1 fully saturated rings. The maximum absolute atomic E-state index is 11.6. The van der Waals surface area contributed by atoms with Gasteiger partial charge in [0.2, 0.25) is 5.91 Å². The van der Waals surface area contributed by atoms with E-state index in [0.29, 0.717) is 18.6 Å². The minimum atomic E-state index is -0.00666. The first-order valence-corrected chi connectivity index (χ1v) is 7.20. The van der Waals surface area contributed by atoms with Crippen LogP contribution in [0.25, 0.3) is 0 Å². The van der Waals surface area contributed by atoms with E-state index in [1.807, 2.05) is 6.92 Å². The van der Waals surface area contributed by atoms with E-state index < -0.39 is 0 Å². The smallest absolute Gasteiger partial charge is 0.246 e. The van der Waals surface area contributed by atoms with Crippen molar-refractivity contribution in [1.82, 2.24) is 10.6 Å². The second-order valence-corrected chi connectivity index (χ2v) is 5.59. The molecule has 1 rings (SSSR count). The predicted octanol–water partition coefficient (Wildman–Crippen LogP) is 1.70. The number of carbonyl (C=O) groups excluding carboxylic acids is 1. The molecule has 0 aromatic rings. The van der Waals surface area contributed by atoms with E-state index in [-0.39, 0.29) is 18.6 Å². The van der Waals surface area contributed by atoms with E-state index in [1.54, 1.807) is 0 Å². The molecule has 0 aromatic carbocycles. The lowest BCUT2D eigenvalue weighted by Crippen LogP contribution is -2.39. The van der Waals surface area contributed by atoms with Crippen LogP contribution in [0.1, 0.15) is 46.5 Å². The molecule has 0 spiro atoms. The lowest BCUT2D eigenvalue weighted by atomic mass is 10.0. The highest BCUT2D eigenvalue weighted by Gasteiger charge is 2.13. The Morgan fingerprint density at radius 3 is 2.78 bits per heavy atom. The molecule has 106 valence electrons. The minimum absolute atomic E-state index is 0.00666. The normalized spacial score (nSPS) is 21.9. The molecule has 2 atom stereocenters. The molecule has 4 heteroatoms. The van der Waals surface area contributed by atoms with Crippen molar-refractivity contribution in [2.45, 2.75) is 58.5 Å². The zero-order valence-corrected chi connectivity index (χ0v) is 12.0. The molecule has 4 nitrogen and oxygen atoms in total. The van der Waals surface area contributed by atoms with Crippen LogP contribution < -0.4 is 10.6 Å². The first kappa shape index (κ1) is 15.4. The van der Waals surface area contributed by atoms with Crippen LogP contribution in [0, 0.1) is 5.92 Å². The molecule has 18 heavy (non-hydrogen) atoms. The maximum Gasteiger partial charge on any atom is 0.246 e. The van der Waals surface area contributed by atoms with Gasteiger partial charge in [0.25, 0.3) is 0 Å². The Bertz CT molecular complexity index is 238. The molecule has 1 aliphatic heterocycles. The average molecular weight is 256 g/mol. The molecule has 0 aromatic heterocycles. The van der Waals surface area contributed by atoms with Crippen LogP contribution in [0.4, 0.5) is 0 Å². The van der Waals surface area contributed by atoms with E-state index in [2.05, 4.69) is 24.5 Å². The van der Waals surface area contributed by atoms with Crippen molar-refractivity contribution in [2.24, 2.45) is 5.92 Å². The molecule has 0 aliphatic carbocycles. The molecule has 0 saturated carbocycles.